The fourth-order valence-corrected chi connectivity index (χ4v) is 4.45. The molecule has 0 radical (unpaired) electrons. The normalized spacial score (nSPS) is 12.4. The van der Waals surface area contributed by atoms with E-state index in [9.17, 15) is 18.1 Å². The number of aromatic hydroxyl groups is 1. The lowest BCUT2D eigenvalue weighted by molar-refractivity contribution is -0.432. The minimum atomic E-state index is -4.54. The van der Waals surface area contributed by atoms with Crippen molar-refractivity contribution in [2.45, 2.75) is 21.6 Å². The van der Waals surface area contributed by atoms with Gasteiger partial charge in [-0.2, -0.15) is 13.5 Å². The average Bonchev–Trinajstić information content (AvgIpc) is 2.81. The number of rotatable bonds is 10. The number of phenols is 1. The van der Waals surface area contributed by atoms with E-state index < -0.39 is 10.1 Å². The van der Waals surface area contributed by atoms with E-state index in [0.717, 1.165) is 6.07 Å². The van der Waals surface area contributed by atoms with Gasteiger partial charge in [-0.15, -0.1) is 13.8 Å². The Morgan fingerprint density at radius 2 is 1.71 bits per heavy atom. The van der Waals surface area contributed by atoms with Gasteiger partial charge in [-0.25, -0.2) is 10.5 Å². The van der Waals surface area contributed by atoms with Crippen LogP contribution in [0.5, 0.6) is 5.75 Å². The first-order chi connectivity index (χ1) is 16.3. The minimum Gasteiger partial charge on any atom is -0.504 e. The maximum atomic E-state index is 11.8. The third kappa shape index (κ3) is 6.30. The van der Waals surface area contributed by atoms with Crippen LogP contribution >= 0.6 is 24.1 Å². The van der Waals surface area contributed by atoms with E-state index in [4.69, 9.17) is 10.5 Å². The molecule has 0 amide bonds. The van der Waals surface area contributed by atoms with Gasteiger partial charge in [0.15, 0.2) is 5.75 Å². The number of fused-ring (bicyclic) bond motifs is 1. The molecule has 0 atom stereocenters. The van der Waals surface area contributed by atoms with Gasteiger partial charge >= 0.3 is 0 Å². The molecular formula is C19H16N2O10S3. The predicted octanol–water partition coefficient (Wildman–Crippen LogP) is 6.10. The molecule has 3 aromatic carbocycles. The molecule has 15 heteroatoms. The highest BCUT2D eigenvalue weighted by molar-refractivity contribution is 7.94. The fraction of sp³-hybridized carbons (Fsp3) is 0.0526. The van der Waals surface area contributed by atoms with E-state index in [2.05, 4.69) is 29.0 Å². The maximum Gasteiger partial charge on any atom is 0.295 e. The highest BCUT2D eigenvalue weighted by Crippen LogP contribution is 2.44. The summed E-state index contributed by atoms with van der Waals surface area (Å²) in [6.45, 7) is 1.69. The molecule has 0 heterocycles. The molecule has 0 aliphatic carbocycles. The summed E-state index contributed by atoms with van der Waals surface area (Å²) in [5.41, 5.74) is 0.335. The quantitative estimate of drug-likeness (QED) is 0.0783. The Labute approximate surface area is 201 Å². The lowest BCUT2D eigenvalue weighted by atomic mass is 10.1. The zero-order valence-electron chi connectivity index (χ0n) is 17.1. The van der Waals surface area contributed by atoms with Gasteiger partial charge in [0.25, 0.3) is 10.1 Å². The van der Waals surface area contributed by atoms with E-state index >= 15 is 0 Å². The van der Waals surface area contributed by atoms with Crippen LogP contribution < -0.4 is 0 Å². The summed E-state index contributed by atoms with van der Waals surface area (Å²) in [4.78, 5) is 0.253. The summed E-state index contributed by atoms with van der Waals surface area (Å²) < 4.78 is 41.9. The van der Waals surface area contributed by atoms with Crippen LogP contribution in [0.4, 0.5) is 11.4 Å². The summed E-state index contributed by atoms with van der Waals surface area (Å²) in [6.07, 6.45) is 3.12. The SMILES string of the molecule is C/C=C/c1ccc(N=Nc2c(O)c(SOOO)cc3cc(SOOO)ccc23)cc1S(=O)(=O)O. The molecule has 3 aromatic rings. The fourth-order valence-electron chi connectivity index (χ4n) is 2.89. The number of benzene rings is 3. The summed E-state index contributed by atoms with van der Waals surface area (Å²) in [5, 5.41) is 43.7. The summed E-state index contributed by atoms with van der Waals surface area (Å²) in [5.74, 6) is -0.366. The van der Waals surface area contributed by atoms with Gasteiger partial charge in [0, 0.05) is 10.3 Å². The highest BCUT2D eigenvalue weighted by atomic mass is 32.2. The highest BCUT2D eigenvalue weighted by Gasteiger charge is 2.17. The second-order valence-electron chi connectivity index (χ2n) is 6.30. The zero-order chi connectivity index (χ0) is 24.7. The number of nitrogens with zero attached hydrogens (tertiary/aromatic N) is 2. The zero-order valence-corrected chi connectivity index (χ0v) is 19.5. The van der Waals surface area contributed by atoms with Crippen molar-refractivity contribution in [2.24, 2.45) is 10.2 Å². The predicted molar refractivity (Wildman–Crippen MR) is 122 cm³/mol. The van der Waals surface area contributed by atoms with Crippen LogP contribution in [-0.4, -0.2) is 28.6 Å². The topological polar surface area (TPSA) is 177 Å². The number of hydrogen-bond donors (Lipinski definition) is 4. The van der Waals surface area contributed by atoms with Gasteiger partial charge in [-0.05, 0) is 48.2 Å². The molecule has 0 aliphatic rings. The first-order valence-electron chi connectivity index (χ1n) is 9.03. The molecular weight excluding hydrogens is 512 g/mol. The van der Waals surface area contributed by atoms with Crippen LogP contribution in [0.25, 0.3) is 16.8 Å². The van der Waals surface area contributed by atoms with Crippen molar-refractivity contribution < 1.29 is 47.3 Å². The minimum absolute atomic E-state index is 0.0108. The summed E-state index contributed by atoms with van der Waals surface area (Å²) in [7, 11) is -4.54. The number of allylic oxidation sites excluding steroid dienone is 1. The van der Waals surface area contributed by atoms with Crippen molar-refractivity contribution in [2.75, 3.05) is 0 Å². The number of phenolic OH excluding ortho intramolecular Hbond substituents is 1. The van der Waals surface area contributed by atoms with Crippen LogP contribution in [0, 0.1) is 0 Å². The van der Waals surface area contributed by atoms with Gasteiger partial charge in [0.2, 0.25) is 0 Å². The van der Waals surface area contributed by atoms with Crippen LogP contribution in [0.3, 0.4) is 0 Å². The molecule has 12 nitrogen and oxygen atoms in total. The molecule has 0 aliphatic heterocycles. The monoisotopic (exact) mass is 528 g/mol. The molecule has 0 spiro atoms. The first-order valence-corrected chi connectivity index (χ1v) is 12.0. The van der Waals surface area contributed by atoms with Gasteiger partial charge < -0.3 is 5.11 Å². The van der Waals surface area contributed by atoms with Gasteiger partial charge in [-0.1, -0.05) is 34.4 Å². The second kappa shape index (κ2) is 11.7. The van der Waals surface area contributed by atoms with E-state index in [0.29, 0.717) is 39.8 Å². The van der Waals surface area contributed by atoms with Crippen molar-refractivity contribution in [3.63, 3.8) is 0 Å². The van der Waals surface area contributed by atoms with Crippen molar-refractivity contribution in [3.8, 4) is 5.75 Å². The third-order valence-corrected chi connectivity index (χ3v) is 6.33. The third-order valence-electron chi connectivity index (χ3n) is 4.22. The van der Waals surface area contributed by atoms with Crippen LogP contribution in [-0.2, 0) is 28.9 Å². The number of hydrogen-bond acceptors (Lipinski definition) is 13. The standard InChI is InChI=1S/C19H16N2O10S3/c1-2-3-11-4-5-13(10-17(11)34(25,26)27)20-21-18-15-7-6-14(32-30-28-23)8-12(15)9-16(19(18)22)33-31-29-24/h2-10,22-24H,1H3,(H,25,26,27)/b3-2+,21-20?. The molecule has 0 fully saturated rings. The van der Waals surface area contributed by atoms with Crippen LogP contribution in [0.1, 0.15) is 12.5 Å². The Balaban J connectivity index is 2.11. The smallest absolute Gasteiger partial charge is 0.295 e. The molecule has 0 bridgehead atoms. The molecule has 34 heavy (non-hydrogen) atoms. The Morgan fingerprint density at radius 1 is 0.971 bits per heavy atom. The molecule has 180 valence electrons. The maximum absolute atomic E-state index is 11.8. The number of azo groups is 1. The van der Waals surface area contributed by atoms with Crippen LogP contribution in [0.15, 0.2) is 73.5 Å². The largest absolute Gasteiger partial charge is 0.504 e. The molecule has 0 saturated heterocycles. The van der Waals surface area contributed by atoms with E-state index in [1.54, 1.807) is 31.2 Å². The summed E-state index contributed by atoms with van der Waals surface area (Å²) in [6, 6.07) is 10.4. The van der Waals surface area contributed by atoms with Gasteiger partial charge in [0.05, 0.1) is 34.7 Å². The molecule has 3 rings (SSSR count). The van der Waals surface area contributed by atoms with E-state index in [-0.39, 0.29) is 32.5 Å². The second-order valence-corrected chi connectivity index (χ2v) is 9.21. The van der Waals surface area contributed by atoms with Crippen molar-refractivity contribution in [1.82, 2.24) is 0 Å². The Kier molecular flexibility index (Phi) is 8.97. The van der Waals surface area contributed by atoms with Crippen LogP contribution in [0.2, 0.25) is 0 Å². The Bertz CT molecular complexity index is 1350. The van der Waals surface area contributed by atoms with Crippen molar-refractivity contribution in [3.05, 3.63) is 54.1 Å². The van der Waals surface area contributed by atoms with E-state index in [1.807, 2.05) is 0 Å². The lowest BCUT2D eigenvalue weighted by Gasteiger charge is -2.10. The Morgan fingerprint density at radius 3 is 2.38 bits per heavy atom. The Hall–Kier alpha value is -2.57. The lowest BCUT2D eigenvalue weighted by Crippen LogP contribution is -2.00. The van der Waals surface area contributed by atoms with Gasteiger partial charge in [-0.3, -0.25) is 4.55 Å². The molecule has 0 unspecified atom stereocenters. The average molecular weight is 529 g/mol. The summed E-state index contributed by atoms with van der Waals surface area (Å²) >= 11 is 1.20. The molecule has 0 saturated carbocycles. The molecule has 0 aromatic heterocycles. The molecule has 4 N–H and O–H groups in total. The van der Waals surface area contributed by atoms with Gasteiger partial charge in [0.1, 0.15) is 10.6 Å². The van der Waals surface area contributed by atoms with Crippen molar-refractivity contribution in [1.29, 1.82) is 0 Å². The van der Waals surface area contributed by atoms with Crippen molar-refractivity contribution >= 4 is 62.4 Å². The van der Waals surface area contributed by atoms with E-state index in [1.165, 1.54) is 24.3 Å². The first kappa shape index (κ1) is 26.0.